The van der Waals surface area contributed by atoms with Gasteiger partial charge in [0.05, 0.1) is 20.3 Å². The Morgan fingerprint density at radius 1 is 0.900 bits per heavy atom. The van der Waals surface area contributed by atoms with Crippen LogP contribution in [-0.4, -0.2) is 20.3 Å². The third-order valence-electron chi connectivity index (χ3n) is 6.41. The highest BCUT2D eigenvalue weighted by Crippen LogP contribution is 2.43. The Kier molecular flexibility index (Phi) is 6.74. The van der Waals surface area contributed by atoms with Gasteiger partial charge in [0.15, 0.2) is 17.3 Å². The monoisotopic (exact) mass is 420 g/mol. The Bertz CT molecular complexity index is 834. The molecule has 30 heavy (non-hydrogen) atoms. The summed E-state index contributed by atoms with van der Waals surface area (Å²) < 4.78 is 51.1. The molecule has 2 aliphatic rings. The van der Waals surface area contributed by atoms with Crippen molar-refractivity contribution < 1.29 is 27.4 Å². The van der Waals surface area contributed by atoms with Gasteiger partial charge < -0.3 is 18.6 Å². The van der Waals surface area contributed by atoms with Gasteiger partial charge in [-0.25, -0.2) is 4.39 Å². The SMILES string of the molecule is CCCC1COC(c2ccc(C3CCC(c4ccc(OC)c(F)c4F)CC3)o2)OC1. The van der Waals surface area contributed by atoms with E-state index in [1.54, 1.807) is 6.07 Å². The number of hydrogen-bond donors (Lipinski definition) is 0. The molecule has 0 bridgehead atoms. The number of rotatable bonds is 6. The van der Waals surface area contributed by atoms with Crippen LogP contribution in [0.5, 0.6) is 5.75 Å². The molecule has 1 aromatic carbocycles. The minimum absolute atomic E-state index is 0.0107. The molecule has 164 valence electrons. The van der Waals surface area contributed by atoms with Crippen LogP contribution >= 0.6 is 0 Å². The summed E-state index contributed by atoms with van der Waals surface area (Å²) in [6.07, 6.45) is 5.13. The summed E-state index contributed by atoms with van der Waals surface area (Å²) in [5.41, 5.74) is 0.442. The molecule has 2 aromatic rings. The van der Waals surface area contributed by atoms with E-state index in [4.69, 9.17) is 18.6 Å². The molecule has 0 amide bonds. The largest absolute Gasteiger partial charge is 0.494 e. The second kappa shape index (κ2) is 9.48. The van der Waals surface area contributed by atoms with Crippen LogP contribution in [-0.2, 0) is 9.47 Å². The second-order valence-corrected chi connectivity index (χ2v) is 8.43. The average Bonchev–Trinajstić information content (AvgIpc) is 3.27. The number of hydrogen-bond acceptors (Lipinski definition) is 4. The molecule has 0 N–H and O–H groups in total. The Hall–Kier alpha value is -1.92. The first-order chi connectivity index (χ1) is 14.6. The predicted molar refractivity (Wildman–Crippen MR) is 109 cm³/mol. The van der Waals surface area contributed by atoms with Gasteiger partial charge in [-0.1, -0.05) is 19.4 Å². The summed E-state index contributed by atoms with van der Waals surface area (Å²) in [7, 11) is 1.34. The van der Waals surface area contributed by atoms with Crippen molar-refractivity contribution in [1.82, 2.24) is 0 Å². The zero-order valence-corrected chi connectivity index (χ0v) is 17.7. The first-order valence-electron chi connectivity index (χ1n) is 10.9. The van der Waals surface area contributed by atoms with Crippen LogP contribution in [0.1, 0.15) is 80.7 Å². The van der Waals surface area contributed by atoms with E-state index >= 15 is 0 Å². The Labute approximate surface area is 176 Å². The fourth-order valence-corrected chi connectivity index (χ4v) is 4.71. The summed E-state index contributed by atoms with van der Waals surface area (Å²) in [5.74, 6) is 0.639. The zero-order chi connectivity index (χ0) is 21.1. The van der Waals surface area contributed by atoms with E-state index in [-0.39, 0.29) is 17.6 Å². The van der Waals surface area contributed by atoms with Crippen molar-refractivity contribution in [2.75, 3.05) is 20.3 Å². The molecule has 0 radical (unpaired) electrons. The molecule has 6 heteroatoms. The first-order valence-corrected chi connectivity index (χ1v) is 10.9. The molecule has 0 atom stereocenters. The van der Waals surface area contributed by atoms with Gasteiger partial charge in [-0.2, -0.15) is 4.39 Å². The summed E-state index contributed by atoms with van der Waals surface area (Å²) >= 11 is 0. The van der Waals surface area contributed by atoms with Gasteiger partial charge in [0, 0.05) is 11.8 Å². The summed E-state index contributed by atoms with van der Waals surface area (Å²) in [5, 5.41) is 0. The highest BCUT2D eigenvalue weighted by atomic mass is 19.2. The first kappa shape index (κ1) is 21.3. The lowest BCUT2D eigenvalue weighted by Gasteiger charge is -2.29. The second-order valence-electron chi connectivity index (χ2n) is 8.43. The van der Waals surface area contributed by atoms with Crippen molar-refractivity contribution in [1.29, 1.82) is 0 Å². The van der Waals surface area contributed by atoms with Crippen LogP contribution in [0, 0.1) is 17.6 Å². The molecule has 1 aliphatic heterocycles. The van der Waals surface area contributed by atoms with Crippen LogP contribution in [0.25, 0.3) is 0 Å². The fraction of sp³-hybridized carbons (Fsp3) is 0.583. The Balaban J connectivity index is 1.35. The third kappa shape index (κ3) is 4.40. The van der Waals surface area contributed by atoms with E-state index in [9.17, 15) is 8.78 Å². The van der Waals surface area contributed by atoms with Gasteiger partial charge in [0.2, 0.25) is 12.1 Å². The quantitative estimate of drug-likeness (QED) is 0.537. The lowest BCUT2D eigenvalue weighted by atomic mass is 9.77. The Morgan fingerprint density at radius 2 is 1.57 bits per heavy atom. The minimum Gasteiger partial charge on any atom is -0.494 e. The van der Waals surface area contributed by atoms with Crippen molar-refractivity contribution in [3.63, 3.8) is 0 Å². The Morgan fingerprint density at radius 3 is 2.23 bits per heavy atom. The van der Waals surface area contributed by atoms with Gasteiger partial charge in [0.25, 0.3) is 0 Å². The van der Waals surface area contributed by atoms with E-state index < -0.39 is 17.9 Å². The minimum atomic E-state index is -0.901. The topological polar surface area (TPSA) is 40.8 Å². The molecular weight excluding hydrogens is 390 g/mol. The number of furan rings is 1. The van der Waals surface area contributed by atoms with E-state index in [1.165, 1.54) is 13.2 Å². The molecule has 1 aliphatic carbocycles. The molecule has 1 saturated carbocycles. The number of halogens is 2. The number of benzene rings is 1. The van der Waals surface area contributed by atoms with E-state index in [0.717, 1.165) is 44.3 Å². The molecule has 1 aromatic heterocycles. The fourth-order valence-electron chi connectivity index (χ4n) is 4.71. The average molecular weight is 420 g/mol. The smallest absolute Gasteiger partial charge is 0.217 e. The van der Waals surface area contributed by atoms with Crippen molar-refractivity contribution in [2.45, 2.75) is 63.6 Å². The maximum absolute atomic E-state index is 14.4. The van der Waals surface area contributed by atoms with Crippen LogP contribution in [0.4, 0.5) is 8.78 Å². The molecule has 4 rings (SSSR count). The van der Waals surface area contributed by atoms with E-state index in [0.29, 0.717) is 30.5 Å². The third-order valence-corrected chi connectivity index (χ3v) is 6.41. The van der Waals surface area contributed by atoms with Crippen molar-refractivity contribution in [3.05, 3.63) is 53.0 Å². The molecule has 2 fully saturated rings. The number of ether oxygens (including phenoxy) is 3. The van der Waals surface area contributed by atoms with Crippen LogP contribution < -0.4 is 4.74 Å². The van der Waals surface area contributed by atoms with Crippen molar-refractivity contribution >= 4 is 0 Å². The van der Waals surface area contributed by atoms with E-state index in [2.05, 4.69) is 6.92 Å². The summed E-state index contributed by atoms with van der Waals surface area (Å²) in [6.45, 7) is 3.56. The van der Waals surface area contributed by atoms with Gasteiger partial charge in [-0.15, -0.1) is 0 Å². The summed E-state index contributed by atoms with van der Waals surface area (Å²) in [6, 6.07) is 7.09. The molecule has 0 spiro atoms. The molecule has 0 unspecified atom stereocenters. The van der Waals surface area contributed by atoms with Crippen LogP contribution in [0.2, 0.25) is 0 Å². The zero-order valence-electron chi connectivity index (χ0n) is 17.7. The van der Waals surface area contributed by atoms with Crippen molar-refractivity contribution in [2.24, 2.45) is 5.92 Å². The van der Waals surface area contributed by atoms with Gasteiger partial charge in [-0.05, 0) is 61.8 Å². The predicted octanol–water partition coefficient (Wildman–Crippen LogP) is 6.47. The highest BCUT2D eigenvalue weighted by molar-refractivity contribution is 5.33. The van der Waals surface area contributed by atoms with E-state index in [1.807, 2.05) is 12.1 Å². The molecular formula is C24H30F2O4. The van der Waals surface area contributed by atoms with Crippen molar-refractivity contribution in [3.8, 4) is 5.75 Å². The normalized spacial score (nSPS) is 27.2. The number of methoxy groups -OCH3 is 1. The van der Waals surface area contributed by atoms with Gasteiger partial charge in [-0.3, -0.25) is 0 Å². The molecule has 1 saturated heterocycles. The standard InChI is InChI=1S/C24H30F2O4/c1-3-4-15-13-28-24(29-14-15)21-12-11-19(30-21)17-7-5-16(6-8-17)18-9-10-20(27-2)23(26)22(18)25/h9-12,15-17,24H,3-8,13-14H2,1-2H3. The lowest BCUT2D eigenvalue weighted by molar-refractivity contribution is -0.214. The lowest BCUT2D eigenvalue weighted by Crippen LogP contribution is -2.26. The highest BCUT2D eigenvalue weighted by Gasteiger charge is 2.30. The van der Waals surface area contributed by atoms with Gasteiger partial charge in [0.1, 0.15) is 5.76 Å². The maximum atomic E-state index is 14.4. The summed E-state index contributed by atoms with van der Waals surface area (Å²) in [4.78, 5) is 0. The molecule has 4 nitrogen and oxygen atoms in total. The van der Waals surface area contributed by atoms with Crippen LogP contribution in [0.3, 0.4) is 0 Å². The maximum Gasteiger partial charge on any atom is 0.217 e. The van der Waals surface area contributed by atoms with Crippen LogP contribution in [0.15, 0.2) is 28.7 Å². The van der Waals surface area contributed by atoms with Gasteiger partial charge >= 0.3 is 0 Å². The molecule has 2 heterocycles.